The Morgan fingerprint density at radius 1 is 1.62 bits per heavy atom. The van der Waals surface area contributed by atoms with E-state index in [0.29, 0.717) is 6.54 Å². The first-order valence-corrected chi connectivity index (χ1v) is 5.25. The number of carbonyl (C=O) groups is 1. The van der Waals surface area contributed by atoms with Crippen molar-refractivity contribution in [2.24, 2.45) is 0 Å². The highest BCUT2D eigenvalue weighted by Crippen LogP contribution is 2.25. The van der Waals surface area contributed by atoms with Gasteiger partial charge in [-0.2, -0.15) is 0 Å². The van der Waals surface area contributed by atoms with Crippen LogP contribution in [0.5, 0.6) is 0 Å². The topological polar surface area (TPSA) is 59.0 Å². The zero-order chi connectivity index (χ0) is 14.9. The quantitative estimate of drug-likeness (QED) is 0.774. The third kappa shape index (κ3) is 3.09. The van der Waals surface area contributed by atoms with Crippen LogP contribution in [0.15, 0.2) is 0 Å². The minimum absolute atomic E-state index is 0.0107. The molecule has 0 saturated carbocycles. The van der Waals surface area contributed by atoms with Crippen molar-refractivity contribution >= 4 is 6.09 Å². The van der Waals surface area contributed by atoms with Crippen LogP contribution >= 0.6 is 0 Å². The van der Waals surface area contributed by atoms with Crippen LogP contribution < -0.4 is 0 Å². The van der Waals surface area contributed by atoms with E-state index in [-0.39, 0.29) is 13.0 Å². The molecule has 1 aliphatic heterocycles. The van der Waals surface area contributed by atoms with Gasteiger partial charge in [0.05, 0.1) is 17.3 Å². The van der Waals surface area contributed by atoms with Crippen molar-refractivity contribution in [1.82, 2.24) is 4.90 Å². The molecule has 94 valence electrons. The number of nitrogens with zero attached hydrogens (tertiary/aromatic N) is 1. The minimum atomic E-state index is -2.60. The minimum Gasteiger partial charge on any atom is -0.444 e. The zero-order valence-corrected chi connectivity index (χ0v) is 9.95. The Labute approximate surface area is 101 Å². The Hall–Kier alpha value is -0.810. The van der Waals surface area contributed by atoms with Crippen molar-refractivity contribution in [2.45, 2.75) is 38.4 Å². The number of amides is 1. The molecule has 1 rings (SSSR count). The maximum absolute atomic E-state index is 11.9. The summed E-state index contributed by atoms with van der Waals surface area (Å²) in [4.78, 5) is 13.2. The number of methoxy groups -OCH3 is 1. The fourth-order valence-electron chi connectivity index (χ4n) is 1.57. The molecule has 1 N–H and O–H groups in total. The van der Waals surface area contributed by atoms with E-state index in [1.807, 2.05) is 0 Å². The van der Waals surface area contributed by atoms with Gasteiger partial charge in [-0.15, -0.1) is 0 Å². The predicted octanol–water partition coefficient (Wildman–Crippen LogP) is 1.00. The van der Waals surface area contributed by atoms with Crippen molar-refractivity contribution < 1.29 is 23.5 Å². The Kier molecular flexibility index (Phi) is 2.65. The average molecular weight is 234 g/mol. The highest BCUT2D eigenvalue weighted by atomic mass is 16.6. The lowest BCUT2D eigenvalue weighted by molar-refractivity contribution is -0.0449. The number of hydrogen-bond donors (Lipinski definition) is 1. The van der Waals surface area contributed by atoms with E-state index in [9.17, 15) is 9.90 Å². The van der Waals surface area contributed by atoms with Crippen molar-refractivity contribution in [3.05, 3.63) is 0 Å². The standard InChI is InChI=1S/C11H21NO4/c1-10(2,3)16-9(14)12-6-5-11(7-12,8-13)15-4/h13H,5-8H2,1-4H3/i4D3. The highest BCUT2D eigenvalue weighted by molar-refractivity contribution is 5.68. The van der Waals surface area contributed by atoms with Crippen molar-refractivity contribution in [1.29, 1.82) is 0 Å². The third-order valence-electron chi connectivity index (χ3n) is 2.47. The van der Waals surface area contributed by atoms with Crippen LogP contribution in [-0.4, -0.2) is 54.0 Å². The first-order valence-electron chi connectivity index (χ1n) is 6.75. The van der Waals surface area contributed by atoms with Gasteiger partial charge in [0.2, 0.25) is 0 Å². The van der Waals surface area contributed by atoms with Gasteiger partial charge in [0.1, 0.15) is 11.2 Å². The molecule has 5 nitrogen and oxygen atoms in total. The summed E-state index contributed by atoms with van der Waals surface area (Å²) in [6.07, 6.45) is -0.266. The summed E-state index contributed by atoms with van der Waals surface area (Å²) in [5.41, 5.74) is -1.85. The molecule has 0 aromatic heterocycles. The molecule has 0 spiro atoms. The van der Waals surface area contributed by atoms with Gasteiger partial charge in [0.25, 0.3) is 0 Å². The van der Waals surface area contributed by atoms with Gasteiger partial charge < -0.3 is 19.5 Å². The van der Waals surface area contributed by atoms with Crippen LogP contribution in [0.25, 0.3) is 0 Å². The smallest absolute Gasteiger partial charge is 0.410 e. The Bertz CT molecular complexity index is 340. The van der Waals surface area contributed by atoms with E-state index in [0.717, 1.165) is 0 Å². The molecule has 1 unspecified atom stereocenters. The summed E-state index contributed by atoms with van der Waals surface area (Å²) in [7, 11) is -2.60. The number of aliphatic hydroxyl groups excluding tert-OH is 1. The third-order valence-corrected chi connectivity index (χ3v) is 2.47. The second kappa shape index (κ2) is 4.59. The summed E-state index contributed by atoms with van der Waals surface area (Å²) in [6.45, 7) is 5.10. The molecule has 0 aliphatic carbocycles. The van der Waals surface area contributed by atoms with Crippen molar-refractivity contribution in [3.63, 3.8) is 0 Å². The van der Waals surface area contributed by atoms with Crippen molar-refractivity contribution in [2.75, 3.05) is 26.7 Å². The van der Waals surface area contributed by atoms with E-state index in [2.05, 4.69) is 0 Å². The molecule has 1 fully saturated rings. The van der Waals surface area contributed by atoms with E-state index >= 15 is 0 Å². The molecule has 0 radical (unpaired) electrons. The van der Waals surface area contributed by atoms with Gasteiger partial charge in [-0.05, 0) is 27.2 Å². The predicted molar refractivity (Wildman–Crippen MR) is 59.2 cm³/mol. The molecular weight excluding hydrogens is 210 g/mol. The molecule has 0 aromatic carbocycles. The van der Waals surface area contributed by atoms with Crippen molar-refractivity contribution in [3.8, 4) is 0 Å². The van der Waals surface area contributed by atoms with Crippen LogP contribution in [0.2, 0.25) is 0 Å². The van der Waals surface area contributed by atoms with Crippen LogP contribution in [0.4, 0.5) is 4.79 Å². The molecule has 16 heavy (non-hydrogen) atoms. The van der Waals surface area contributed by atoms with Crippen LogP contribution in [0.3, 0.4) is 0 Å². The van der Waals surface area contributed by atoms with Crippen LogP contribution in [0.1, 0.15) is 31.3 Å². The largest absolute Gasteiger partial charge is 0.444 e. The Morgan fingerprint density at radius 2 is 2.31 bits per heavy atom. The average Bonchev–Trinajstić information content (AvgIpc) is 2.57. The lowest BCUT2D eigenvalue weighted by Gasteiger charge is -2.27. The summed E-state index contributed by atoms with van der Waals surface area (Å²) < 4.78 is 31.5. The highest BCUT2D eigenvalue weighted by Gasteiger charge is 2.41. The maximum Gasteiger partial charge on any atom is 0.410 e. The molecule has 1 saturated heterocycles. The maximum atomic E-state index is 11.9. The van der Waals surface area contributed by atoms with Gasteiger partial charge >= 0.3 is 6.09 Å². The molecule has 1 atom stereocenters. The number of aliphatic hydroxyl groups is 1. The second-order valence-corrected chi connectivity index (χ2v) is 5.10. The van der Waals surface area contributed by atoms with Gasteiger partial charge in [-0.25, -0.2) is 4.79 Å². The van der Waals surface area contributed by atoms with Gasteiger partial charge in [-0.3, -0.25) is 0 Å². The van der Waals surface area contributed by atoms with Gasteiger partial charge in [0, 0.05) is 13.6 Å². The first kappa shape index (κ1) is 9.24. The number of ether oxygens (including phenoxy) is 2. The summed E-state index contributed by atoms with van der Waals surface area (Å²) >= 11 is 0. The van der Waals surface area contributed by atoms with E-state index < -0.39 is 30.9 Å². The number of hydrogen-bond acceptors (Lipinski definition) is 4. The van der Waals surface area contributed by atoms with E-state index in [1.165, 1.54) is 4.90 Å². The summed E-state index contributed by atoms with van der Waals surface area (Å²) in [6, 6.07) is 0. The lowest BCUT2D eigenvalue weighted by Crippen LogP contribution is -2.42. The Morgan fingerprint density at radius 3 is 2.81 bits per heavy atom. The number of carbonyl (C=O) groups excluding carboxylic acids is 1. The monoisotopic (exact) mass is 234 g/mol. The fourth-order valence-corrected chi connectivity index (χ4v) is 1.57. The van der Waals surface area contributed by atoms with Gasteiger partial charge in [0.15, 0.2) is 0 Å². The SMILES string of the molecule is [2H]C([2H])([2H])OC1(CO)CCN(C(=O)OC(C)(C)C)C1. The molecule has 0 aromatic rings. The molecule has 1 amide bonds. The number of likely N-dealkylation sites (tertiary alicyclic amines) is 1. The van der Waals surface area contributed by atoms with E-state index in [1.54, 1.807) is 20.8 Å². The van der Waals surface area contributed by atoms with Crippen LogP contribution in [-0.2, 0) is 9.47 Å². The zero-order valence-electron chi connectivity index (χ0n) is 12.9. The first-order chi connectivity index (χ1) is 8.46. The normalized spacial score (nSPS) is 29.5. The number of rotatable bonds is 2. The fraction of sp³-hybridized carbons (Fsp3) is 0.909. The molecular formula is C11H21NO4. The summed E-state index contributed by atoms with van der Waals surface area (Å²) in [5, 5.41) is 9.36. The molecule has 0 bridgehead atoms. The van der Waals surface area contributed by atoms with E-state index in [4.69, 9.17) is 13.6 Å². The van der Waals surface area contributed by atoms with Gasteiger partial charge in [-0.1, -0.05) is 0 Å². The second-order valence-electron chi connectivity index (χ2n) is 5.10. The lowest BCUT2D eigenvalue weighted by atomic mass is 10.1. The molecule has 5 heteroatoms. The molecule has 1 heterocycles. The summed E-state index contributed by atoms with van der Waals surface area (Å²) in [5.74, 6) is 0. The van der Waals surface area contributed by atoms with Crippen LogP contribution in [0, 0.1) is 0 Å². The molecule has 1 aliphatic rings. The Balaban J connectivity index is 2.67.